The van der Waals surface area contributed by atoms with Crippen LogP contribution in [0.2, 0.25) is 0 Å². The molecule has 3 N–H and O–H groups in total. The molecule has 0 spiro atoms. The Kier molecular flexibility index (Phi) is 5.16. The second-order valence-electron chi connectivity index (χ2n) is 6.99. The number of methoxy groups -OCH3 is 2. The monoisotopic (exact) mass is 434 g/mol. The normalized spacial score (nSPS) is 17.3. The van der Waals surface area contributed by atoms with Crippen molar-refractivity contribution in [3.63, 3.8) is 0 Å². The summed E-state index contributed by atoms with van der Waals surface area (Å²) in [7, 11) is 2.73. The van der Waals surface area contributed by atoms with Gasteiger partial charge in [0.15, 0.2) is 11.6 Å². The summed E-state index contributed by atoms with van der Waals surface area (Å²) in [5, 5.41) is 16.6. The molecule has 1 aliphatic heterocycles. The summed E-state index contributed by atoms with van der Waals surface area (Å²) in [4.78, 5) is 40.6. The molecule has 0 unspecified atom stereocenters. The maximum atomic E-state index is 12.7. The maximum Gasteiger partial charge on any atom is 0.357 e. The molecular weight excluding hydrogens is 416 g/mol. The highest BCUT2D eigenvalue weighted by atomic mass is 16.5. The number of amides is 3. The van der Waals surface area contributed by atoms with E-state index in [0.29, 0.717) is 16.5 Å². The van der Waals surface area contributed by atoms with Crippen LogP contribution < -0.4 is 15.4 Å². The average molecular weight is 434 g/mol. The summed E-state index contributed by atoms with van der Waals surface area (Å²) >= 11 is 0. The molecule has 1 aromatic carbocycles. The van der Waals surface area contributed by atoms with Crippen molar-refractivity contribution in [1.82, 2.24) is 20.2 Å². The molecule has 1 fully saturated rings. The van der Waals surface area contributed by atoms with Gasteiger partial charge in [-0.15, -0.1) is 0 Å². The lowest BCUT2D eigenvalue weighted by molar-refractivity contribution is -0.122. The number of benzene rings is 1. The van der Waals surface area contributed by atoms with Crippen molar-refractivity contribution in [3.8, 4) is 23.5 Å². The number of carbonyl (C=O) groups is 3. The average Bonchev–Trinajstić information content (AvgIpc) is 3.26. The van der Waals surface area contributed by atoms with Crippen molar-refractivity contribution in [3.05, 3.63) is 54.0 Å². The molecule has 1 atom stereocenters. The summed E-state index contributed by atoms with van der Waals surface area (Å²) < 4.78 is 11.3. The quantitative estimate of drug-likeness (QED) is 0.319. The molecule has 0 saturated carbocycles. The molecule has 3 heterocycles. The van der Waals surface area contributed by atoms with E-state index >= 15 is 0 Å². The van der Waals surface area contributed by atoms with Crippen LogP contribution in [0.25, 0.3) is 10.8 Å². The standard InChI is InChI=1S/C22H18N4O6/c1-31-15-6-5-14-11-26(18(27)16(14)10-15)12-22(20(29)24-21(30)25-22)8-7-13-4-3-9-23-17(13)19(28)32-2/h3-6,9-11,27H,12H2,1-2H3,(H2,24,25,29,30)/t22-/m1/s1. The predicted molar refractivity (Wildman–Crippen MR) is 112 cm³/mol. The first-order valence-corrected chi connectivity index (χ1v) is 9.43. The predicted octanol–water partition coefficient (Wildman–Crippen LogP) is 1.17. The van der Waals surface area contributed by atoms with E-state index in [9.17, 15) is 19.5 Å². The number of imide groups is 1. The van der Waals surface area contributed by atoms with Gasteiger partial charge in [-0.1, -0.05) is 11.8 Å². The minimum absolute atomic E-state index is 0.0240. The van der Waals surface area contributed by atoms with Gasteiger partial charge in [0.05, 0.1) is 26.3 Å². The van der Waals surface area contributed by atoms with E-state index in [1.54, 1.807) is 36.5 Å². The van der Waals surface area contributed by atoms with Gasteiger partial charge in [0.1, 0.15) is 5.75 Å². The Hall–Kier alpha value is -4.52. The molecule has 0 radical (unpaired) electrons. The Labute approximate surface area is 182 Å². The fraction of sp³-hybridized carbons (Fsp3) is 0.182. The number of pyridine rings is 1. The first-order chi connectivity index (χ1) is 15.4. The number of aromatic hydroxyl groups is 1. The Morgan fingerprint density at radius 3 is 2.78 bits per heavy atom. The van der Waals surface area contributed by atoms with Gasteiger partial charge in [-0.2, -0.15) is 0 Å². The summed E-state index contributed by atoms with van der Waals surface area (Å²) in [6.07, 6.45) is 3.05. The fourth-order valence-corrected chi connectivity index (χ4v) is 3.40. The second kappa shape index (κ2) is 7.96. The van der Waals surface area contributed by atoms with E-state index in [0.717, 1.165) is 0 Å². The molecule has 32 heavy (non-hydrogen) atoms. The smallest absolute Gasteiger partial charge is 0.357 e. The van der Waals surface area contributed by atoms with Gasteiger partial charge in [0.2, 0.25) is 5.54 Å². The third-order valence-electron chi connectivity index (χ3n) is 5.01. The second-order valence-corrected chi connectivity index (χ2v) is 6.99. The Bertz CT molecular complexity index is 1320. The Morgan fingerprint density at radius 2 is 2.09 bits per heavy atom. The Balaban J connectivity index is 1.78. The van der Waals surface area contributed by atoms with Crippen molar-refractivity contribution in [1.29, 1.82) is 0 Å². The van der Waals surface area contributed by atoms with Crippen LogP contribution in [0, 0.1) is 11.8 Å². The molecule has 3 amide bonds. The summed E-state index contributed by atoms with van der Waals surface area (Å²) in [5.74, 6) is 4.57. The van der Waals surface area contributed by atoms with E-state index < -0.39 is 23.4 Å². The van der Waals surface area contributed by atoms with E-state index in [1.165, 1.54) is 25.0 Å². The first-order valence-electron chi connectivity index (χ1n) is 9.43. The number of carbonyl (C=O) groups excluding carboxylic acids is 3. The SMILES string of the molecule is COC(=O)c1ncccc1C#C[C@]1(Cn2cc3ccc(OC)cc3c2O)NC(=O)NC1=O. The number of rotatable bonds is 4. The molecule has 10 heteroatoms. The number of fused-ring (bicyclic) bond motifs is 1. The van der Waals surface area contributed by atoms with Crippen molar-refractivity contribution in [2.75, 3.05) is 14.2 Å². The minimum atomic E-state index is -1.70. The van der Waals surface area contributed by atoms with Crippen LogP contribution in [0.1, 0.15) is 16.1 Å². The molecule has 0 aliphatic carbocycles. The van der Waals surface area contributed by atoms with Gasteiger partial charge >= 0.3 is 12.0 Å². The number of urea groups is 1. The fourth-order valence-electron chi connectivity index (χ4n) is 3.40. The van der Waals surface area contributed by atoms with E-state index in [2.05, 4.69) is 27.5 Å². The van der Waals surface area contributed by atoms with Crippen LogP contribution in [0.4, 0.5) is 4.79 Å². The lowest BCUT2D eigenvalue weighted by Gasteiger charge is -2.20. The van der Waals surface area contributed by atoms with E-state index in [-0.39, 0.29) is 23.7 Å². The molecule has 162 valence electrons. The minimum Gasteiger partial charge on any atom is -0.497 e. The van der Waals surface area contributed by atoms with Gasteiger partial charge < -0.3 is 24.5 Å². The highest BCUT2D eigenvalue weighted by Gasteiger charge is 2.46. The highest BCUT2D eigenvalue weighted by molar-refractivity contribution is 6.09. The molecule has 1 aliphatic rings. The van der Waals surface area contributed by atoms with Crippen LogP contribution in [0.15, 0.2) is 42.7 Å². The zero-order valence-corrected chi connectivity index (χ0v) is 17.1. The van der Waals surface area contributed by atoms with Crippen LogP contribution in [0.3, 0.4) is 0 Å². The molecular formula is C22H18N4O6. The number of hydrogen-bond donors (Lipinski definition) is 3. The lowest BCUT2D eigenvalue weighted by Crippen LogP contribution is -2.49. The molecule has 3 aromatic rings. The molecule has 4 rings (SSSR count). The number of nitrogens with zero attached hydrogens (tertiary/aromatic N) is 2. The molecule has 0 bridgehead atoms. The highest BCUT2D eigenvalue weighted by Crippen LogP contribution is 2.32. The van der Waals surface area contributed by atoms with Crippen LogP contribution in [-0.4, -0.2) is 52.3 Å². The van der Waals surface area contributed by atoms with E-state index in [1.807, 2.05) is 0 Å². The number of esters is 1. The number of aromatic nitrogens is 2. The third-order valence-corrected chi connectivity index (χ3v) is 5.01. The topological polar surface area (TPSA) is 132 Å². The van der Waals surface area contributed by atoms with Gasteiger partial charge in [0.25, 0.3) is 5.91 Å². The van der Waals surface area contributed by atoms with Crippen molar-refractivity contribution in [2.24, 2.45) is 0 Å². The van der Waals surface area contributed by atoms with Crippen LogP contribution in [0.5, 0.6) is 11.6 Å². The first kappa shape index (κ1) is 20.7. The van der Waals surface area contributed by atoms with Crippen molar-refractivity contribution >= 4 is 28.7 Å². The van der Waals surface area contributed by atoms with Crippen LogP contribution in [-0.2, 0) is 16.1 Å². The van der Waals surface area contributed by atoms with Crippen molar-refractivity contribution in [2.45, 2.75) is 12.1 Å². The third kappa shape index (κ3) is 3.56. The van der Waals surface area contributed by atoms with Crippen molar-refractivity contribution < 1.29 is 29.0 Å². The Morgan fingerprint density at radius 1 is 1.28 bits per heavy atom. The van der Waals surface area contributed by atoms with Gasteiger partial charge in [0, 0.05) is 23.2 Å². The van der Waals surface area contributed by atoms with Gasteiger partial charge in [-0.3, -0.25) is 10.1 Å². The summed E-state index contributed by atoms with van der Waals surface area (Å²) in [6, 6.07) is 7.56. The zero-order chi connectivity index (χ0) is 22.9. The molecule has 10 nitrogen and oxygen atoms in total. The van der Waals surface area contributed by atoms with Crippen LogP contribution >= 0.6 is 0 Å². The van der Waals surface area contributed by atoms with E-state index in [4.69, 9.17) is 9.47 Å². The number of ether oxygens (including phenoxy) is 2. The van der Waals surface area contributed by atoms with Gasteiger partial charge in [-0.25, -0.2) is 14.6 Å². The maximum absolute atomic E-state index is 12.7. The molecule has 2 aromatic heterocycles. The number of hydrogen-bond acceptors (Lipinski definition) is 7. The summed E-state index contributed by atoms with van der Waals surface area (Å²) in [6.45, 7) is -0.186. The zero-order valence-electron chi connectivity index (χ0n) is 17.1. The number of nitrogens with one attached hydrogen (secondary N) is 2. The lowest BCUT2D eigenvalue weighted by atomic mass is 9.99. The summed E-state index contributed by atoms with van der Waals surface area (Å²) in [5.41, 5.74) is -1.50. The van der Waals surface area contributed by atoms with Gasteiger partial charge in [-0.05, 0) is 30.3 Å². The largest absolute Gasteiger partial charge is 0.497 e. The molecule has 1 saturated heterocycles.